The van der Waals surface area contributed by atoms with E-state index in [0.29, 0.717) is 5.56 Å². The molecular formula is C43H53NO14. The smallest absolute Gasteiger partial charge is 0.408 e. The van der Waals surface area contributed by atoms with Crippen molar-refractivity contribution in [3.05, 3.63) is 82.9 Å². The minimum atomic E-state index is -2.35. The van der Waals surface area contributed by atoms with Gasteiger partial charge in [0.25, 0.3) is 0 Å². The van der Waals surface area contributed by atoms with Crippen LogP contribution >= 0.6 is 0 Å². The second-order valence-corrected chi connectivity index (χ2v) is 17.6. The van der Waals surface area contributed by atoms with Gasteiger partial charge in [0.2, 0.25) is 0 Å². The molecule has 11 atom stereocenters. The summed E-state index contributed by atoms with van der Waals surface area (Å²) in [6.45, 7) is 11.8. The fourth-order valence-corrected chi connectivity index (χ4v) is 9.56. The second-order valence-electron chi connectivity index (χ2n) is 17.6. The first kappa shape index (κ1) is 42.9. The Balaban J connectivity index is 1.49. The molecule has 4 aliphatic rings. The molecule has 1 saturated heterocycles. The van der Waals surface area contributed by atoms with Crippen LogP contribution in [0.2, 0.25) is 0 Å². The van der Waals surface area contributed by atoms with E-state index in [1.165, 1.54) is 26.0 Å². The van der Waals surface area contributed by atoms with Crippen molar-refractivity contribution in [2.24, 2.45) is 16.7 Å². The number of carbonyl (C=O) groups excluding carboxylic acids is 5. The van der Waals surface area contributed by atoms with Crippen molar-refractivity contribution in [2.45, 2.75) is 128 Å². The molecule has 0 unspecified atom stereocenters. The first-order valence-electron chi connectivity index (χ1n) is 19.3. The number of fused-ring (bicyclic) bond motifs is 5. The monoisotopic (exact) mass is 807 g/mol. The number of benzene rings is 2. The Morgan fingerprint density at radius 2 is 1.55 bits per heavy atom. The van der Waals surface area contributed by atoms with Crippen LogP contribution in [0, 0.1) is 16.7 Å². The molecule has 15 heteroatoms. The molecule has 0 spiro atoms. The van der Waals surface area contributed by atoms with Gasteiger partial charge in [-0.25, -0.2) is 14.4 Å². The topological polar surface area (TPSA) is 224 Å². The summed E-state index contributed by atoms with van der Waals surface area (Å²) in [5.41, 5.74) is -8.14. The number of hydrogen-bond acceptors (Lipinski definition) is 14. The van der Waals surface area contributed by atoms with Crippen molar-refractivity contribution < 1.29 is 68.1 Å². The summed E-state index contributed by atoms with van der Waals surface area (Å²) >= 11 is 0. The summed E-state index contributed by atoms with van der Waals surface area (Å²) in [7, 11) is 0. The van der Waals surface area contributed by atoms with E-state index >= 15 is 0 Å². The molecule has 314 valence electrons. The van der Waals surface area contributed by atoms with Crippen LogP contribution < -0.4 is 5.32 Å². The highest BCUT2D eigenvalue weighted by Crippen LogP contribution is 2.64. The minimum absolute atomic E-state index is 0.0637. The number of ether oxygens (including phenoxy) is 5. The molecule has 2 saturated carbocycles. The van der Waals surface area contributed by atoms with Crippen LogP contribution in [-0.4, -0.2) is 110 Å². The lowest BCUT2D eigenvalue weighted by atomic mass is 9.44. The first-order chi connectivity index (χ1) is 27.0. The van der Waals surface area contributed by atoms with Crippen LogP contribution in [0.25, 0.3) is 0 Å². The summed E-state index contributed by atoms with van der Waals surface area (Å²) < 4.78 is 29.5. The number of hydrogen-bond donors (Lipinski definition) is 5. The molecule has 1 amide bonds. The number of aliphatic hydroxyl groups is 4. The maximum atomic E-state index is 14.9. The van der Waals surface area contributed by atoms with Crippen LogP contribution in [-0.2, 0) is 38.1 Å². The number of carbonyl (C=O) groups is 5. The molecule has 2 bridgehead atoms. The maximum Gasteiger partial charge on any atom is 0.408 e. The standard InChI is InChI=1S/C43H53NO14/c1-22-26(55-37(51)32(48)30(24-15-11-9-12-16-24)44-38(52)58-39(3,4)5)20-43(53)35(56-36(50)25-17-13-10-14-18-25)33-41(8,34(49)31(47)29(22)40(43,6)7)27(46)19-28-42(33,21-54-28)57-23(2)45/h9-18,26-28,30-33,35,46-48,53H,19-21H2,1-8H3,(H,44,52)/t26-,27-,28+,30+,31+,32+,33+,35-,41+,42-,43-/m0/s1. The number of esters is 3. The molecule has 0 aromatic heterocycles. The molecule has 1 heterocycles. The fourth-order valence-electron chi connectivity index (χ4n) is 9.56. The van der Waals surface area contributed by atoms with Crippen molar-refractivity contribution in [1.82, 2.24) is 5.32 Å². The molecule has 5 N–H and O–H groups in total. The SMILES string of the molecule is CC(=O)O[C@@]12CO[C@@H]1C[C@H](O)[C@@]1(C)C(=O)[C@H](O)C3=C(C)[C@@H](OC(=O)[C@H](O)[C@H](NC(=O)OC(C)(C)C)c4ccccc4)C[C@](O)([C@@H](OC(=O)c4ccccc4)[C@@H]21)C3(C)C. The van der Waals surface area contributed by atoms with Crippen LogP contribution in [0.5, 0.6) is 0 Å². The van der Waals surface area contributed by atoms with Gasteiger partial charge in [0.05, 0.1) is 35.6 Å². The van der Waals surface area contributed by atoms with Crippen molar-refractivity contribution in [2.75, 3.05) is 6.61 Å². The number of alkyl carbamates (subject to hydrolysis) is 1. The third-order valence-electron chi connectivity index (χ3n) is 12.6. The number of ketones is 1. The first-order valence-corrected chi connectivity index (χ1v) is 19.3. The molecule has 15 nitrogen and oxygen atoms in total. The van der Waals surface area contributed by atoms with Gasteiger partial charge in [-0.3, -0.25) is 9.59 Å². The highest BCUT2D eigenvalue weighted by molar-refractivity contribution is 5.94. The summed E-state index contributed by atoms with van der Waals surface area (Å²) in [6.07, 6.45) is -11.5. The minimum Gasteiger partial charge on any atom is -0.456 e. The van der Waals surface area contributed by atoms with E-state index in [1.807, 2.05) is 0 Å². The summed E-state index contributed by atoms with van der Waals surface area (Å²) in [5.74, 6) is -5.36. The molecule has 1 aliphatic heterocycles. The summed E-state index contributed by atoms with van der Waals surface area (Å²) in [5, 5.41) is 51.6. The summed E-state index contributed by atoms with van der Waals surface area (Å²) in [6, 6.07) is 14.6. The number of amides is 1. The van der Waals surface area contributed by atoms with E-state index in [0.717, 1.165) is 6.92 Å². The van der Waals surface area contributed by atoms with Crippen LogP contribution in [0.3, 0.4) is 0 Å². The lowest BCUT2D eigenvalue weighted by Gasteiger charge is -2.67. The van der Waals surface area contributed by atoms with E-state index in [1.54, 1.807) is 83.1 Å². The molecule has 6 rings (SSSR count). The van der Waals surface area contributed by atoms with E-state index in [9.17, 15) is 44.4 Å². The molecule has 2 aromatic rings. The fraction of sp³-hybridized carbons (Fsp3) is 0.558. The van der Waals surface area contributed by atoms with E-state index < -0.39 is 112 Å². The van der Waals surface area contributed by atoms with E-state index in [2.05, 4.69) is 5.32 Å². The van der Waals surface area contributed by atoms with Crippen molar-refractivity contribution >= 4 is 29.8 Å². The Hall–Kier alpha value is -4.67. The zero-order valence-corrected chi connectivity index (χ0v) is 33.9. The van der Waals surface area contributed by atoms with Crippen LogP contribution in [0.4, 0.5) is 4.79 Å². The Kier molecular flexibility index (Phi) is 11.2. The van der Waals surface area contributed by atoms with Gasteiger partial charge in [-0.05, 0) is 63.5 Å². The molecule has 2 aromatic carbocycles. The Labute approximate surface area is 336 Å². The predicted octanol–water partition coefficient (Wildman–Crippen LogP) is 3.26. The van der Waals surface area contributed by atoms with Gasteiger partial charge in [-0.2, -0.15) is 0 Å². The van der Waals surface area contributed by atoms with Gasteiger partial charge in [0, 0.05) is 25.2 Å². The largest absolute Gasteiger partial charge is 0.456 e. The second kappa shape index (κ2) is 15.2. The Bertz CT molecular complexity index is 1980. The molecule has 58 heavy (non-hydrogen) atoms. The lowest BCUT2D eigenvalue weighted by molar-refractivity contribution is -0.346. The normalized spacial score (nSPS) is 33.7. The van der Waals surface area contributed by atoms with Gasteiger partial charge >= 0.3 is 24.0 Å². The molecule has 3 aliphatic carbocycles. The zero-order chi connectivity index (χ0) is 42.7. The number of aliphatic hydroxyl groups excluding tert-OH is 3. The van der Waals surface area contributed by atoms with Gasteiger partial charge in [0.15, 0.2) is 17.5 Å². The highest BCUT2D eigenvalue weighted by atomic mass is 16.6. The van der Waals surface area contributed by atoms with Gasteiger partial charge in [-0.15, -0.1) is 0 Å². The number of rotatable bonds is 8. The van der Waals surface area contributed by atoms with Crippen molar-refractivity contribution in [1.29, 1.82) is 0 Å². The van der Waals surface area contributed by atoms with Crippen molar-refractivity contribution in [3.8, 4) is 0 Å². The third kappa shape index (κ3) is 7.10. The van der Waals surface area contributed by atoms with Crippen LogP contribution in [0.15, 0.2) is 71.8 Å². The molecule has 3 fully saturated rings. The van der Waals surface area contributed by atoms with Crippen molar-refractivity contribution in [3.63, 3.8) is 0 Å². The average molecular weight is 808 g/mol. The quantitative estimate of drug-likeness (QED) is 0.147. The zero-order valence-electron chi connectivity index (χ0n) is 33.9. The Morgan fingerprint density at radius 1 is 0.948 bits per heavy atom. The lowest BCUT2D eigenvalue weighted by Crippen LogP contribution is -2.81. The molecular weight excluding hydrogens is 754 g/mol. The third-order valence-corrected chi connectivity index (χ3v) is 12.6. The Morgan fingerprint density at radius 3 is 2.10 bits per heavy atom. The van der Waals surface area contributed by atoms with Gasteiger partial charge in [-0.1, -0.05) is 62.4 Å². The van der Waals surface area contributed by atoms with Gasteiger partial charge < -0.3 is 49.4 Å². The maximum absolute atomic E-state index is 14.9. The predicted molar refractivity (Wildman–Crippen MR) is 204 cm³/mol. The van der Waals surface area contributed by atoms with E-state index in [4.69, 9.17) is 23.7 Å². The highest BCUT2D eigenvalue weighted by Gasteiger charge is 2.78. The number of Topliss-reactive ketones (excluding diaryl/α,β-unsaturated/α-hetero) is 1. The summed E-state index contributed by atoms with van der Waals surface area (Å²) in [4.78, 5) is 68.9. The average Bonchev–Trinajstić information content (AvgIpc) is 3.14. The van der Waals surface area contributed by atoms with E-state index in [-0.39, 0.29) is 29.7 Å². The number of nitrogens with one attached hydrogen (secondary N) is 1. The van der Waals surface area contributed by atoms with Gasteiger partial charge in [0.1, 0.15) is 35.6 Å². The van der Waals surface area contributed by atoms with Crippen LogP contribution in [0.1, 0.15) is 90.2 Å². The molecule has 0 radical (unpaired) electrons.